The van der Waals surface area contributed by atoms with Crippen molar-refractivity contribution in [1.29, 1.82) is 0 Å². The Labute approximate surface area is 130 Å². The molecule has 2 aliphatic heterocycles. The van der Waals surface area contributed by atoms with Gasteiger partial charge < -0.3 is 14.5 Å². The van der Waals surface area contributed by atoms with Gasteiger partial charge in [0.2, 0.25) is 5.91 Å². The average molecular weight is 302 g/mol. The molecule has 0 aromatic heterocycles. The summed E-state index contributed by atoms with van der Waals surface area (Å²) in [4.78, 5) is 28.3. The van der Waals surface area contributed by atoms with Gasteiger partial charge in [0.05, 0.1) is 18.8 Å². The molecule has 2 atom stereocenters. The molecule has 0 unspecified atom stereocenters. The van der Waals surface area contributed by atoms with E-state index in [2.05, 4.69) is 0 Å². The summed E-state index contributed by atoms with van der Waals surface area (Å²) in [5.41, 5.74) is 1.73. The Hall–Kier alpha value is -1.88. The molecule has 0 saturated carbocycles. The summed E-state index contributed by atoms with van der Waals surface area (Å²) in [5, 5.41) is 0. The monoisotopic (exact) mass is 302 g/mol. The van der Waals surface area contributed by atoms with Gasteiger partial charge in [0.15, 0.2) is 0 Å². The van der Waals surface area contributed by atoms with Crippen LogP contribution in [0.15, 0.2) is 24.3 Å². The van der Waals surface area contributed by atoms with Crippen LogP contribution in [0.25, 0.3) is 0 Å². The number of likely N-dealkylation sites (tertiary alicyclic amines) is 1. The molecule has 0 bridgehead atoms. The molecule has 0 aliphatic carbocycles. The van der Waals surface area contributed by atoms with Gasteiger partial charge in [-0.25, -0.2) is 0 Å². The molecule has 3 rings (SSSR count). The Bertz CT molecular complexity index is 587. The summed E-state index contributed by atoms with van der Waals surface area (Å²) in [6.07, 6.45) is 0.838. The highest BCUT2D eigenvalue weighted by Gasteiger charge is 2.39. The molecule has 0 radical (unpaired) electrons. The lowest BCUT2D eigenvalue weighted by Gasteiger charge is -2.46. The van der Waals surface area contributed by atoms with Crippen LogP contribution in [0.2, 0.25) is 0 Å². The predicted octanol–water partition coefficient (Wildman–Crippen LogP) is 1.46. The van der Waals surface area contributed by atoms with E-state index in [-0.39, 0.29) is 24.0 Å². The molecule has 1 aromatic rings. The Morgan fingerprint density at radius 2 is 2.00 bits per heavy atom. The molecule has 118 valence electrons. The van der Waals surface area contributed by atoms with Crippen LogP contribution >= 0.6 is 0 Å². The molecule has 1 aromatic carbocycles. The number of morpholine rings is 1. The lowest BCUT2D eigenvalue weighted by atomic mass is 9.97. The summed E-state index contributed by atoms with van der Waals surface area (Å²) in [5.74, 6) is 0.106. The van der Waals surface area contributed by atoms with E-state index in [0.29, 0.717) is 26.2 Å². The third-order valence-corrected chi connectivity index (χ3v) is 4.65. The smallest absolute Gasteiger partial charge is 0.254 e. The van der Waals surface area contributed by atoms with Crippen molar-refractivity contribution < 1.29 is 14.3 Å². The van der Waals surface area contributed by atoms with E-state index in [4.69, 9.17) is 4.74 Å². The lowest BCUT2D eigenvalue weighted by Crippen LogP contribution is -2.61. The van der Waals surface area contributed by atoms with Gasteiger partial charge >= 0.3 is 0 Å². The Morgan fingerprint density at radius 3 is 2.73 bits per heavy atom. The first-order chi connectivity index (χ1) is 10.6. The molecular weight excluding hydrogens is 280 g/mol. The van der Waals surface area contributed by atoms with Crippen molar-refractivity contribution in [3.8, 4) is 0 Å². The van der Waals surface area contributed by atoms with E-state index >= 15 is 0 Å². The van der Waals surface area contributed by atoms with Crippen LogP contribution in [-0.2, 0) is 9.53 Å². The Kier molecular flexibility index (Phi) is 4.16. The normalized spacial score (nSPS) is 24.8. The van der Waals surface area contributed by atoms with Crippen molar-refractivity contribution in [3.63, 3.8) is 0 Å². The lowest BCUT2D eigenvalue weighted by molar-refractivity contribution is -0.149. The standard InChI is InChI=1S/C17H22N2O3/c1-12-5-3-4-6-14(12)17(21)18-8-7-16-15(11-18)19(13(2)20)9-10-22-16/h3-6,15-16H,7-11H2,1-2H3/t15-,16-/m1/s1. The summed E-state index contributed by atoms with van der Waals surface area (Å²) in [7, 11) is 0. The average Bonchev–Trinajstić information content (AvgIpc) is 2.53. The maximum atomic E-state index is 12.8. The summed E-state index contributed by atoms with van der Waals surface area (Å²) in [6, 6.07) is 7.62. The highest BCUT2D eigenvalue weighted by atomic mass is 16.5. The fourth-order valence-electron chi connectivity index (χ4n) is 3.43. The summed E-state index contributed by atoms with van der Waals surface area (Å²) < 4.78 is 5.79. The van der Waals surface area contributed by atoms with E-state index in [1.807, 2.05) is 41.0 Å². The SMILES string of the molecule is CC(=O)N1CCO[C@@H]2CCN(C(=O)c3ccccc3C)C[C@H]21. The number of hydrogen-bond donors (Lipinski definition) is 0. The maximum absolute atomic E-state index is 12.8. The molecular formula is C17H22N2O3. The van der Waals surface area contributed by atoms with Gasteiger partial charge in [0, 0.05) is 32.1 Å². The van der Waals surface area contributed by atoms with Gasteiger partial charge in [0.1, 0.15) is 0 Å². The fourth-order valence-corrected chi connectivity index (χ4v) is 3.43. The summed E-state index contributed by atoms with van der Waals surface area (Å²) >= 11 is 0. The second-order valence-corrected chi connectivity index (χ2v) is 6.04. The van der Waals surface area contributed by atoms with Gasteiger partial charge in [-0.2, -0.15) is 0 Å². The zero-order valence-corrected chi connectivity index (χ0v) is 13.1. The van der Waals surface area contributed by atoms with Crippen LogP contribution in [-0.4, -0.2) is 60.0 Å². The minimum atomic E-state index is -0.0204. The van der Waals surface area contributed by atoms with E-state index in [0.717, 1.165) is 17.5 Å². The van der Waals surface area contributed by atoms with E-state index in [1.54, 1.807) is 6.92 Å². The first kappa shape index (κ1) is 15.0. The zero-order chi connectivity index (χ0) is 15.7. The minimum Gasteiger partial charge on any atom is -0.374 e. The molecule has 2 saturated heterocycles. The third-order valence-electron chi connectivity index (χ3n) is 4.65. The third kappa shape index (κ3) is 2.73. The Balaban J connectivity index is 1.78. The Morgan fingerprint density at radius 1 is 1.23 bits per heavy atom. The highest BCUT2D eigenvalue weighted by molar-refractivity contribution is 5.95. The second-order valence-electron chi connectivity index (χ2n) is 6.04. The number of rotatable bonds is 1. The number of nitrogens with zero attached hydrogens (tertiary/aromatic N) is 2. The topological polar surface area (TPSA) is 49.9 Å². The number of carbonyl (C=O) groups excluding carboxylic acids is 2. The van der Waals surface area contributed by atoms with Gasteiger partial charge in [-0.1, -0.05) is 18.2 Å². The molecule has 22 heavy (non-hydrogen) atoms. The first-order valence-electron chi connectivity index (χ1n) is 7.81. The maximum Gasteiger partial charge on any atom is 0.254 e. The molecule has 5 nitrogen and oxygen atoms in total. The van der Waals surface area contributed by atoms with Crippen molar-refractivity contribution in [2.45, 2.75) is 32.4 Å². The number of aryl methyl sites for hydroxylation is 1. The van der Waals surface area contributed by atoms with Crippen molar-refractivity contribution in [3.05, 3.63) is 35.4 Å². The van der Waals surface area contributed by atoms with E-state index in [1.165, 1.54) is 0 Å². The second kappa shape index (κ2) is 6.08. The number of carbonyl (C=O) groups is 2. The first-order valence-corrected chi connectivity index (χ1v) is 7.81. The number of ether oxygens (including phenoxy) is 1. The van der Waals surface area contributed by atoms with Crippen LogP contribution in [0.1, 0.15) is 29.3 Å². The van der Waals surface area contributed by atoms with Crippen molar-refractivity contribution in [2.24, 2.45) is 0 Å². The van der Waals surface area contributed by atoms with E-state index < -0.39 is 0 Å². The molecule has 0 spiro atoms. The van der Waals surface area contributed by atoms with Crippen LogP contribution in [0.4, 0.5) is 0 Å². The van der Waals surface area contributed by atoms with Crippen molar-refractivity contribution in [1.82, 2.24) is 9.80 Å². The number of fused-ring (bicyclic) bond motifs is 1. The molecule has 2 heterocycles. The predicted molar refractivity (Wildman–Crippen MR) is 82.6 cm³/mol. The number of amides is 2. The largest absolute Gasteiger partial charge is 0.374 e. The highest BCUT2D eigenvalue weighted by Crippen LogP contribution is 2.24. The van der Waals surface area contributed by atoms with Gasteiger partial charge in [0.25, 0.3) is 5.91 Å². The quantitative estimate of drug-likeness (QED) is 0.789. The van der Waals surface area contributed by atoms with Crippen LogP contribution < -0.4 is 0 Å². The van der Waals surface area contributed by atoms with E-state index in [9.17, 15) is 9.59 Å². The van der Waals surface area contributed by atoms with Crippen LogP contribution in [0.3, 0.4) is 0 Å². The fraction of sp³-hybridized carbons (Fsp3) is 0.529. The number of benzene rings is 1. The molecule has 2 aliphatic rings. The van der Waals surface area contributed by atoms with Crippen LogP contribution in [0.5, 0.6) is 0 Å². The molecule has 5 heteroatoms. The molecule has 2 fully saturated rings. The van der Waals surface area contributed by atoms with Gasteiger partial charge in [-0.05, 0) is 25.0 Å². The summed E-state index contributed by atoms with van der Waals surface area (Å²) in [6.45, 7) is 5.98. The van der Waals surface area contributed by atoms with Crippen LogP contribution in [0, 0.1) is 6.92 Å². The molecule has 0 N–H and O–H groups in total. The zero-order valence-electron chi connectivity index (χ0n) is 13.1. The number of hydrogen-bond acceptors (Lipinski definition) is 3. The van der Waals surface area contributed by atoms with Crippen molar-refractivity contribution >= 4 is 11.8 Å². The molecule has 2 amide bonds. The number of piperidine rings is 1. The minimum absolute atomic E-state index is 0.0204. The van der Waals surface area contributed by atoms with Gasteiger partial charge in [-0.3, -0.25) is 9.59 Å². The van der Waals surface area contributed by atoms with Crippen molar-refractivity contribution in [2.75, 3.05) is 26.2 Å². The van der Waals surface area contributed by atoms with Gasteiger partial charge in [-0.15, -0.1) is 0 Å².